The summed E-state index contributed by atoms with van der Waals surface area (Å²) in [6.07, 6.45) is -5.40. The zero-order chi connectivity index (χ0) is 12.2. The van der Waals surface area contributed by atoms with Crippen LogP contribution in [-0.2, 0) is 22.0 Å². The average Bonchev–Trinajstić information content (AvgIpc) is 2.01. The summed E-state index contributed by atoms with van der Waals surface area (Å²) >= 11 is 0. The lowest BCUT2D eigenvalue weighted by Crippen LogP contribution is -2.29. The van der Waals surface area contributed by atoms with Crippen molar-refractivity contribution in [2.45, 2.75) is 4.59 Å². The first-order valence-corrected chi connectivity index (χ1v) is 4.93. The van der Waals surface area contributed by atoms with E-state index in [1.165, 1.54) is 0 Å². The fraction of sp³-hybridized carbons (Fsp3) is 0.333. The Kier molecular flexibility index (Phi) is 4.80. The summed E-state index contributed by atoms with van der Waals surface area (Å²) in [5.41, 5.74) is 0. The first-order chi connectivity index (χ1) is 6.67. The van der Waals surface area contributed by atoms with E-state index < -0.39 is 38.9 Å². The highest BCUT2D eigenvalue weighted by Crippen LogP contribution is 2.25. The molecule has 0 aliphatic rings. The average molecular weight is 268 g/mol. The van der Waals surface area contributed by atoms with Gasteiger partial charge in [-0.1, -0.05) is 0 Å². The molecule has 0 bridgehead atoms. The van der Waals surface area contributed by atoms with Gasteiger partial charge in [0.1, 0.15) is 0 Å². The van der Waals surface area contributed by atoms with E-state index in [-0.39, 0.29) is 0 Å². The molecule has 15 heavy (non-hydrogen) atoms. The summed E-state index contributed by atoms with van der Waals surface area (Å²) in [4.78, 5) is 0. The van der Waals surface area contributed by atoms with Crippen molar-refractivity contribution in [1.29, 1.82) is 0 Å². The topological polar surface area (TPSA) is 105 Å². The lowest BCUT2D eigenvalue weighted by molar-refractivity contribution is -0.233. The highest BCUT2D eigenvalue weighted by atomic mass is 32.3. The van der Waals surface area contributed by atoms with Crippen LogP contribution in [0.1, 0.15) is 0 Å². The van der Waals surface area contributed by atoms with Crippen molar-refractivity contribution in [1.82, 2.24) is 0 Å². The van der Waals surface area contributed by atoms with E-state index in [4.69, 9.17) is 0 Å². The third kappa shape index (κ3) is 4.33. The van der Waals surface area contributed by atoms with Crippen molar-refractivity contribution in [3.05, 3.63) is 0 Å². The van der Waals surface area contributed by atoms with E-state index in [1.807, 2.05) is 0 Å². The third-order valence-corrected chi connectivity index (χ3v) is 3.00. The van der Waals surface area contributed by atoms with Gasteiger partial charge in [-0.2, -0.15) is 17.6 Å². The number of alkyl halides is 2. The summed E-state index contributed by atoms with van der Waals surface area (Å²) in [5, 5.41) is 19.0. The standard InChI is InChI=1S/C3H2F4N2O4S2/c4-1(10)8-14(12)3(6,7)15(13)9-2(5)11/h(H,8,10)(H,9,11)/p-2. The Balaban J connectivity index is 4.99. The highest BCUT2D eigenvalue weighted by molar-refractivity contribution is 8.02. The minimum Gasteiger partial charge on any atom is -0.836 e. The second-order valence-corrected chi connectivity index (χ2v) is 4.30. The summed E-state index contributed by atoms with van der Waals surface area (Å²) in [5.74, 6) is 0. The Morgan fingerprint density at radius 2 is 1.27 bits per heavy atom. The molecule has 0 amide bonds. The second kappa shape index (κ2) is 5.16. The van der Waals surface area contributed by atoms with E-state index >= 15 is 0 Å². The Hall–Kier alpha value is -1.04. The maximum absolute atomic E-state index is 12.5. The van der Waals surface area contributed by atoms with Crippen LogP contribution in [-0.4, -0.2) is 25.3 Å². The molecule has 12 heteroatoms. The van der Waals surface area contributed by atoms with Crippen LogP contribution in [0.3, 0.4) is 0 Å². The van der Waals surface area contributed by atoms with E-state index in [0.29, 0.717) is 0 Å². The molecule has 0 N–H and O–H groups in total. The highest BCUT2D eigenvalue weighted by Gasteiger charge is 2.45. The molecule has 0 aliphatic heterocycles. The van der Waals surface area contributed by atoms with Gasteiger partial charge < -0.3 is 10.2 Å². The van der Waals surface area contributed by atoms with Gasteiger partial charge in [-0.05, 0) is 0 Å². The number of halogens is 4. The summed E-state index contributed by atoms with van der Waals surface area (Å²) in [6, 6.07) is 0. The van der Waals surface area contributed by atoms with Gasteiger partial charge in [0.25, 0.3) is 0 Å². The van der Waals surface area contributed by atoms with Gasteiger partial charge >= 0.3 is 4.59 Å². The smallest absolute Gasteiger partial charge is 0.435 e. The van der Waals surface area contributed by atoms with E-state index in [9.17, 15) is 36.2 Å². The van der Waals surface area contributed by atoms with Gasteiger partial charge in [0.05, 0.1) is 0 Å². The summed E-state index contributed by atoms with van der Waals surface area (Å²) < 4.78 is 67.1. The van der Waals surface area contributed by atoms with Crippen LogP contribution in [0.2, 0.25) is 0 Å². The lowest BCUT2D eigenvalue weighted by atomic mass is 11.5. The fourth-order valence-corrected chi connectivity index (χ4v) is 1.48. The van der Waals surface area contributed by atoms with Gasteiger partial charge in [-0.3, -0.25) is 0 Å². The van der Waals surface area contributed by atoms with Crippen LogP contribution in [0.25, 0.3) is 0 Å². The largest absolute Gasteiger partial charge is 0.836 e. The monoisotopic (exact) mass is 268 g/mol. The molecule has 0 aromatic heterocycles. The molecule has 2 unspecified atom stereocenters. The van der Waals surface area contributed by atoms with Crippen molar-refractivity contribution in [2.75, 3.05) is 0 Å². The van der Waals surface area contributed by atoms with Crippen LogP contribution in [0.4, 0.5) is 17.6 Å². The van der Waals surface area contributed by atoms with Crippen LogP contribution in [0.15, 0.2) is 8.80 Å². The molecule has 0 radical (unpaired) electrons. The normalized spacial score (nSPS) is 18.7. The summed E-state index contributed by atoms with van der Waals surface area (Å²) in [7, 11) is -7.71. The Bertz CT molecular complexity index is 316. The maximum atomic E-state index is 12.5. The molecule has 2 atom stereocenters. The first-order valence-electron chi connectivity index (χ1n) is 2.72. The Morgan fingerprint density at radius 1 is 1.00 bits per heavy atom. The van der Waals surface area contributed by atoms with Crippen LogP contribution in [0.5, 0.6) is 0 Å². The molecule has 0 spiro atoms. The molecule has 0 saturated carbocycles. The number of nitrogens with zero attached hydrogens (tertiary/aromatic N) is 2. The number of hydrogen-bond acceptors (Lipinski definition) is 4. The molecule has 6 nitrogen and oxygen atoms in total. The van der Waals surface area contributed by atoms with Crippen molar-refractivity contribution >= 4 is 34.3 Å². The van der Waals surface area contributed by atoms with Gasteiger partial charge in [0.15, 0.2) is 12.3 Å². The molecular formula is C3F4N2O4S2-2. The van der Waals surface area contributed by atoms with E-state index in [1.54, 1.807) is 8.80 Å². The molecule has 0 aromatic carbocycles. The minimum absolute atomic E-state index is 1.71. The van der Waals surface area contributed by atoms with Gasteiger partial charge in [-0.15, -0.1) is 0 Å². The Labute approximate surface area is 84.5 Å². The lowest BCUT2D eigenvalue weighted by Gasteiger charge is -2.10. The molecule has 0 fully saturated rings. The second-order valence-electron chi connectivity index (χ2n) is 1.65. The van der Waals surface area contributed by atoms with Crippen LogP contribution < -0.4 is 10.2 Å². The molecule has 0 aliphatic carbocycles. The minimum atomic E-state index is -4.83. The van der Waals surface area contributed by atoms with Crippen molar-refractivity contribution in [3.63, 3.8) is 0 Å². The predicted molar refractivity (Wildman–Crippen MR) is 38.3 cm³/mol. The number of rotatable bonds is 4. The van der Waals surface area contributed by atoms with Gasteiger partial charge in [0.2, 0.25) is 22.0 Å². The fourth-order valence-electron chi connectivity index (χ4n) is 0.298. The molecule has 0 heterocycles. The van der Waals surface area contributed by atoms with Crippen LogP contribution in [0, 0.1) is 0 Å². The summed E-state index contributed by atoms with van der Waals surface area (Å²) in [6.45, 7) is 0. The van der Waals surface area contributed by atoms with Gasteiger partial charge in [-0.25, -0.2) is 17.2 Å². The third-order valence-electron chi connectivity index (χ3n) is 0.716. The predicted octanol–water partition coefficient (Wildman–Crippen LogP) is -1.76. The zero-order valence-corrected chi connectivity index (χ0v) is 7.99. The van der Waals surface area contributed by atoms with E-state index in [2.05, 4.69) is 0 Å². The molecule has 0 rings (SSSR count). The van der Waals surface area contributed by atoms with E-state index in [0.717, 1.165) is 0 Å². The molecular weight excluding hydrogens is 268 g/mol. The maximum Gasteiger partial charge on any atom is 0.435 e. The number of hydrogen-bond donors (Lipinski definition) is 0. The molecule has 88 valence electrons. The quantitative estimate of drug-likeness (QED) is 0.342. The van der Waals surface area contributed by atoms with Crippen molar-refractivity contribution in [3.8, 4) is 0 Å². The van der Waals surface area contributed by atoms with Crippen molar-refractivity contribution < 1.29 is 36.2 Å². The Morgan fingerprint density at radius 3 is 1.47 bits per heavy atom. The van der Waals surface area contributed by atoms with Gasteiger partial charge in [0, 0.05) is 0 Å². The zero-order valence-electron chi connectivity index (χ0n) is 6.36. The van der Waals surface area contributed by atoms with Crippen molar-refractivity contribution in [2.24, 2.45) is 8.80 Å². The SMILES string of the molecule is O=S(/N=C(\[O-])F)C(F)(F)S(=O)/N=C(\[O-])F. The molecule has 0 saturated heterocycles. The first kappa shape index (κ1) is 14.0. The molecule has 0 aromatic rings. The van der Waals surface area contributed by atoms with Crippen LogP contribution >= 0.6 is 0 Å².